The van der Waals surface area contributed by atoms with E-state index in [4.69, 9.17) is 14.6 Å². The standard InChI is InChI=1S/C19H20O5/c1-3-13(2)12-23-16-8-6-15(7-9-16)19(22)24-17-10-4-14(5-11-17)18(20)21/h4-11,13H,3,12H2,1-2H3,(H,20,21)/t13-/m0/s1. The van der Waals surface area contributed by atoms with E-state index in [1.54, 1.807) is 24.3 Å². The molecule has 0 aliphatic rings. The fourth-order valence-electron chi connectivity index (χ4n) is 1.88. The van der Waals surface area contributed by atoms with Gasteiger partial charge in [-0.15, -0.1) is 0 Å². The van der Waals surface area contributed by atoms with E-state index in [1.165, 1.54) is 24.3 Å². The van der Waals surface area contributed by atoms with Crippen LogP contribution < -0.4 is 9.47 Å². The second-order valence-electron chi connectivity index (χ2n) is 5.57. The third-order valence-corrected chi connectivity index (χ3v) is 3.63. The predicted molar refractivity (Wildman–Crippen MR) is 89.8 cm³/mol. The average molecular weight is 328 g/mol. The van der Waals surface area contributed by atoms with Gasteiger partial charge in [0.1, 0.15) is 11.5 Å². The molecule has 5 nitrogen and oxygen atoms in total. The Balaban J connectivity index is 1.95. The number of carbonyl (C=O) groups is 2. The van der Waals surface area contributed by atoms with Crippen LogP contribution in [0.3, 0.4) is 0 Å². The molecule has 0 aromatic heterocycles. The Labute approximate surface area is 140 Å². The second kappa shape index (κ2) is 8.15. The van der Waals surface area contributed by atoms with Crippen molar-refractivity contribution in [3.05, 3.63) is 59.7 Å². The SMILES string of the molecule is CC[C@H](C)COc1ccc(C(=O)Oc2ccc(C(=O)O)cc2)cc1. The molecule has 0 radical (unpaired) electrons. The fourth-order valence-corrected chi connectivity index (χ4v) is 1.88. The van der Waals surface area contributed by atoms with Gasteiger partial charge in [-0.1, -0.05) is 20.3 Å². The van der Waals surface area contributed by atoms with Crippen LogP contribution in [0.2, 0.25) is 0 Å². The van der Waals surface area contributed by atoms with Gasteiger partial charge < -0.3 is 14.6 Å². The zero-order valence-corrected chi connectivity index (χ0v) is 13.7. The van der Waals surface area contributed by atoms with E-state index in [2.05, 4.69) is 13.8 Å². The molecule has 0 saturated heterocycles. The molecule has 2 aromatic rings. The Morgan fingerprint density at radius 1 is 0.958 bits per heavy atom. The molecule has 0 saturated carbocycles. The smallest absolute Gasteiger partial charge is 0.343 e. The van der Waals surface area contributed by atoms with Gasteiger partial charge in [-0.05, 0) is 54.4 Å². The number of carboxylic acid groups (broad SMARTS) is 1. The van der Waals surface area contributed by atoms with Crippen LogP contribution in [-0.4, -0.2) is 23.7 Å². The number of hydrogen-bond acceptors (Lipinski definition) is 4. The summed E-state index contributed by atoms with van der Waals surface area (Å²) in [5, 5.41) is 8.84. The quantitative estimate of drug-likeness (QED) is 0.613. The Kier molecular flexibility index (Phi) is 5.95. The molecular formula is C19H20O5. The van der Waals surface area contributed by atoms with Crippen molar-refractivity contribution in [2.45, 2.75) is 20.3 Å². The van der Waals surface area contributed by atoms with E-state index in [1.807, 2.05) is 0 Å². The third-order valence-electron chi connectivity index (χ3n) is 3.63. The lowest BCUT2D eigenvalue weighted by Gasteiger charge is -2.11. The highest BCUT2D eigenvalue weighted by Crippen LogP contribution is 2.17. The van der Waals surface area contributed by atoms with E-state index < -0.39 is 11.9 Å². The van der Waals surface area contributed by atoms with Crippen LogP contribution in [-0.2, 0) is 0 Å². The number of hydrogen-bond donors (Lipinski definition) is 1. The Hall–Kier alpha value is -2.82. The largest absolute Gasteiger partial charge is 0.493 e. The van der Waals surface area contributed by atoms with Gasteiger partial charge in [0.2, 0.25) is 0 Å². The summed E-state index contributed by atoms with van der Waals surface area (Å²) in [6.07, 6.45) is 1.05. The second-order valence-corrected chi connectivity index (χ2v) is 5.57. The number of benzene rings is 2. The number of ether oxygens (including phenoxy) is 2. The highest BCUT2D eigenvalue weighted by atomic mass is 16.5. The summed E-state index contributed by atoms with van der Waals surface area (Å²) < 4.78 is 10.9. The summed E-state index contributed by atoms with van der Waals surface area (Å²) in [5.74, 6) is -0.0596. The maximum absolute atomic E-state index is 12.1. The van der Waals surface area contributed by atoms with Gasteiger partial charge in [0.05, 0.1) is 17.7 Å². The Morgan fingerprint density at radius 2 is 1.50 bits per heavy atom. The molecule has 0 amide bonds. The van der Waals surface area contributed by atoms with Crippen LogP contribution in [0.1, 0.15) is 41.0 Å². The summed E-state index contributed by atoms with van der Waals surface area (Å²) in [7, 11) is 0. The van der Waals surface area contributed by atoms with Crippen molar-refractivity contribution < 1.29 is 24.2 Å². The lowest BCUT2D eigenvalue weighted by molar-refractivity contribution is 0.0696. The van der Waals surface area contributed by atoms with Crippen molar-refractivity contribution >= 4 is 11.9 Å². The molecule has 0 aliphatic heterocycles. The zero-order chi connectivity index (χ0) is 17.5. The summed E-state index contributed by atoms with van der Waals surface area (Å²) in [6.45, 7) is 4.85. The van der Waals surface area contributed by atoms with Crippen LogP contribution >= 0.6 is 0 Å². The number of carbonyl (C=O) groups excluding carboxylic acids is 1. The molecule has 1 N–H and O–H groups in total. The molecule has 0 spiro atoms. The number of aromatic carboxylic acids is 1. The maximum Gasteiger partial charge on any atom is 0.343 e. The van der Waals surface area contributed by atoms with Crippen molar-refractivity contribution in [1.82, 2.24) is 0 Å². The lowest BCUT2D eigenvalue weighted by Crippen LogP contribution is -2.09. The van der Waals surface area contributed by atoms with Gasteiger partial charge >= 0.3 is 11.9 Å². The zero-order valence-electron chi connectivity index (χ0n) is 13.7. The first-order valence-corrected chi connectivity index (χ1v) is 7.78. The predicted octanol–water partition coefficient (Wildman–Crippen LogP) is 4.03. The normalized spacial score (nSPS) is 11.6. The van der Waals surface area contributed by atoms with Gasteiger partial charge in [-0.25, -0.2) is 9.59 Å². The van der Waals surface area contributed by atoms with Crippen molar-refractivity contribution in [1.29, 1.82) is 0 Å². The van der Waals surface area contributed by atoms with Gasteiger partial charge in [0.15, 0.2) is 0 Å². The summed E-state index contributed by atoms with van der Waals surface area (Å²) in [4.78, 5) is 22.9. The minimum Gasteiger partial charge on any atom is -0.493 e. The molecule has 0 aliphatic carbocycles. The van der Waals surface area contributed by atoms with Crippen LogP contribution in [0, 0.1) is 5.92 Å². The molecule has 2 rings (SSSR count). The number of carboxylic acids is 1. The van der Waals surface area contributed by atoms with E-state index in [-0.39, 0.29) is 5.56 Å². The van der Waals surface area contributed by atoms with E-state index in [0.29, 0.717) is 29.6 Å². The fraction of sp³-hybridized carbons (Fsp3) is 0.263. The van der Waals surface area contributed by atoms with Gasteiger partial charge in [0.25, 0.3) is 0 Å². The van der Waals surface area contributed by atoms with Crippen LogP contribution in [0.25, 0.3) is 0 Å². The van der Waals surface area contributed by atoms with E-state index in [9.17, 15) is 9.59 Å². The van der Waals surface area contributed by atoms with Crippen molar-refractivity contribution in [3.63, 3.8) is 0 Å². The summed E-state index contributed by atoms with van der Waals surface area (Å²) in [6, 6.07) is 12.4. The minimum atomic E-state index is -1.03. The minimum absolute atomic E-state index is 0.137. The molecule has 2 aromatic carbocycles. The molecule has 1 atom stereocenters. The summed E-state index contributed by atoms with van der Waals surface area (Å²) in [5.41, 5.74) is 0.533. The van der Waals surface area contributed by atoms with E-state index in [0.717, 1.165) is 6.42 Å². The van der Waals surface area contributed by atoms with Gasteiger partial charge in [-0.2, -0.15) is 0 Å². The topological polar surface area (TPSA) is 72.8 Å². The molecule has 126 valence electrons. The molecule has 0 unspecified atom stereocenters. The van der Waals surface area contributed by atoms with Gasteiger partial charge in [0, 0.05) is 0 Å². The highest BCUT2D eigenvalue weighted by molar-refractivity contribution is 5.91. The molecular weight excluding hydrogens is 308 g/mol. The first kappa shape index (κ1) is 17.5. The van der Waals surface area contributed by atoms with Crippen molar-refractivity contribution in [3.8, 4) is 11.5 Å². The molecule has 24 heavy (non-hydrogen) atoms. The van der Waals surface area contributed by atoms with Crippen LogP contribution in [0.4, 0.5) is 0 Å². The molecule has 0 heterocycles. The Bertz CT molecular complexity index is 689. The summed E-state index contributed by atoms with van der Waals surface area (Å²) >= 11 is 0. The average Bonchev–Trinajstić information content (AvgIpc) is 2.60. The molecule has 0 fully saturated rings. The van der Waals surface area contributed by atoms with Crippen LogP contribution in [0.5, 0.6) is 11.5 Å². The van der Waals surface area contributed by atoms with Crippen LogP contribution in [0.15, 0.2) is 48.5 Å². The highest BCUT2D eigenvalue weighted by Gasteiger charge is 2.10. The van der Waals surface area contributed by atoms with Gasteiger partial charge in [-0.3, -0.25) is 0 Å². The lowest BCUT2D eigenvalue weighted by atomic mass is 10.1. The maximum atomic E-state index is 12.1. The first-order chi connectivity index (χ1) is 11.5. The number of rotatable bonds is 7. The van der Waals surface area contributed by atoms with Crippen molar-refractivity contribution in [2.75, 3.05) is 6.61 Å². The monoisotopic (exact) mass is 328 g/mol. The van der Waals surface area contributed by atoms with E-state index >= 15 is 0 Å². The first-order valence-electron chi connectivity index (χ1n) is 7.78. The Morgan fingerprint density at radius 3 is 2.04 bits per heavy atom. The molecule has 5 heteroatoms. The molecule has 0 bridgehead atoms. The number of esters is 1. The third kappa shape index (κ3) is 4.84. The van der Waals surface area contributed by atoms with Crippen molar-refractivity contribution in [2.24, 2.45) is 5.92 Å².